The Morgan fingerprint density at radius 1 is 1.48 bits per heavy atom. The molecule has 0 spiro atoms. The van der Waals surface area contributed by atoms with Crippen LogP contribution in [0.15, 0.2) is 17.5 Å². The number of nitrogens with two attached hydrogens (primary N) is 1. The number of likely N-dealkylation sites (N-methyl/N-ethyl adjacent to an activating group) is 1. The molecule has 1 fully saturated rings. The summed E-state index contributed by atoms with van der Waals surface area (Å²) in [7, 11) is 1.87. The van der Waals surface area contributed by atoms with Crippen LogP contribution in [0, 0.1) is 5.92 Å². The summed E-state index contributed by atoms with van der Waals surface area (Å²) in [4.78, 5) is 18.1. The lowest BCUT2D eigenvalue weighted by atomic mass is 9.99. The summed E-state index contributed by atoms with van der Waals surface area (Å²) in [5, 5.41) is 2.09. The van der Waals surface area contributed by atoms with Crippen molar-refractivity contribution in [2.24, 2.45) is 11.7 Å². The molecule has 0 bridgehead atoms. The van der Waals surface area contributed by atoms with Crippen molar-refractivity contribution in [2.75, 3.05) is 39.9 Å². The lowest BCUT2D eigenvalue weighted by molar-refractivity contribution is -0.133. The zero-order chi connectivity index (χ0) is 16.8. The van der Waals surface area contributed by atoms with Crippen molar-refractivity contribution in [3.63, 3.8) is 0 Å². The van der Waals surface area contributed by atoms with Crippen LogP contribution in [0.4, 0.5) is 0 Å². The van der Waals surface area contributed by atoms with E-state index >= 15 is 0 Å². The van der Waals surface area contributed by atoms with Crippen molar-refractivity contribution in [3.8, 4) is 0 Å². The maximum atomic E-state index is 12.6. The topological polar surface area (TPSA) is 58.8 Å². The Kier molecular flexibility index (Phi) is 7.02. The number of ether oxygens (including phenoxy) is 1. The maximum absolute atomic E-state index is 12.6. The molecule has 0 radical (unpaired) electrons. The molecule has 3 unspecified atom stereocenters. The molecule has 0 aliphatic carbocycles. The predicted octanol–water partition coefficient (Wildman–Crippen LogP) is 1.95. The lowest BCUT2D eigenvalue weighted by Gasteiger charge is -2.37. The van der Waals surface area contributed by atoms with Gasteiger partial charge in [0.1, 0.15) is 0 Å². The summed E-state index contributed by atoms with van der Waals surface area (Å²) < 4.78 is 5.47. The Balaban J connectivity index is 2.06. The van der Waals surface area contributed by atoms with Crippen molar-refractivity contribution in [1.29, 1.82) is 0 Å². The van der Waals surface area contributed by atoms with E-state index in [0.29, 0.717) is 6.54 Å². The van der Waals surface area contributed by atoms with E-state index in [9.17, 15) is 4.79 Å². The highest BCUT2D eigenvalue weighted by molar-refractivity contribution is 7.10. The van der Waals surface area contributed by atoms with E-state index in [4.69, 9.17) is 10.5 Å². The van der Waals surface area contributed by atoms with Gasteiger partial charge in [0.05, 0.1) is 25.3 Å². The standard InChI is InChI=1S/C17H29N3O2S/c1-4-13(2)16(18)17(21)19(3)12-14(15-6-5-11-23-15)20-7-9-22-10-8-20/h5-6,11,13-14,16H,4,7-10,12,18H2,1-3H3. The number of thiophene rings is 1. The smallest absolute Gasteiger partial charge is 0.239 e. The zero-order valence-corrected chi connectivity index (χ0v) is 15.2. The maximum Gasteiger partial charge on any atom is 0.239 e. The van der Waals surface area contributed by atoms with Crippen LogP contribution in [0.2, 0.25) is 0 Å². The second kappa shape index (κ2) is 8.78. The summed E-state index contributed by atoms with van der Waals surface area (Å²) in [5.41, 5.74) is 6.12. The summed E-state index contributed by atoms with van der Waals surface area (Å²) in [5.74, 6) is 0.239. The second-order valence-electron chi connectivity index (χ2n) is 6.31. The van der Waals surface area contributed by atoms with Crippen molar-refractivity contribution in [1.82, 2.24) is 9.80 Å². The van der Waals surface area contributed by atoms with Crippen LogP contribution in [0.3, 0.4) is 0 Å². The largest absolute Gasteiger partial charge is 0.379 e. The highest BCUT2D eigenvalue weighted by atomic mass is 32.1. The van der Waals surface area contributed by atoms with Gasteiger partial charge in [-0.2, -0.15) is 0 Å². The third-order valence-electron chi connectivity index (χ3n) is 4.72. The third-order valence-corrected chi connectivity index (χ3v) is 5.70. The molecule has 1 aromatic heterocycles. The number of rotatable bonds is 7. The molecule has 1 aliphatic rings. The Morgan fingerprint density at radius 3 is 2.74 bits per heavy atom. The van der Waals surface area contributed by atoms with Crippen molar-refractivity contribution in [2.45, 2.75) is 32.4 Å². The lowest BCUT2D eigenvalue weighted by Crippen LogP contribution is -2.49. The number of hydrogen-bond donors (Lipinski definition) is 1. The van der Waals surface area contributed by atoms with Gasteiger partial charge in [-0.1, -0.05) is 26.3 Å². The molecule has 5 nitrogen and oxygen atoms in total. The molecule has 2 rings (SSSR count). The summed E-state index contributed by atoms with van der Waals surface area (Å²) in [6.45, 7) is 8.10. The van der Waals surface area contributed by atoms with E-state index in [1.807, 2.05) is 14.0 Å². The van der Waals surface area contributed by atoms with E-state index in [1.54, 1.807) is 16.2 Å². The second-order valence-corrected chi connectivity index (χ2v) is 7.29. The zero-order valence-electron chi connectivity index (χ0n) is 14.4. The third kappa shape index (κ3) is 4.76. The number of nitrogens with zero attached hydrogens (tertiary/aromatic N) is 2. The highest BCUT2D eigenvalue weighted by Crippen LogP contribution is 2.27. The summed E-state index contributed by atoms with van der Waals surface area (Å²) in [6.07, 6.45) is 0.915. The van der Waals surface area contributed by atoms with Gasteiger partial charge in [-0.05, 0) is 17.4 Å². The van der Waals surface area contributed by atoms with Crippen LogP contribution in [0.25, 0.3) is 0 Å². The molecule has 2 heterocycles. The Morgan fingerprint density at radius 2 is 2.17 bits per heavy atom. The summed E-state index contributed by atoms with van der Waals surface area (Å²) >= 11 is 1.75. The van der Waals surface area contributed by atoms with E-state index in [0.717, 1.165) is 32.7 Å². The fourth-order valence-electron chi connectivity index (χ4n) is 2.86. The van der Waals surface area contributed by atoms with Crippen molar-refractivity contribution >= 4 is 17.2 Å². The van der Waals surface area contributed by atoms with Crippen LogP contribution in [-0.2, 0) is 9.53 Å². The average Bonchev–Trinajstić information content (AvgIpc) is 3.12. The number of carbonyl (C=O) groups is 1. The van der Waals surface area contributed by atoms with Gasteiger partial charge in [0.25, 0.3) is 0 Å². The fraction of sp³-hybridized carbons (Fsp3) is 0.706. The van der Waals surface area contributed by atoms with E-state index in [1.165, 1.54) is 4.88 Å². The van der Waals surface area contributed by atoms with Crippen LogP contribution in [0.1, 0.15) is 31.2 Å². The predicted molar refractivity (Wildman–Crippen MR) is 94.5 cm³/mol. The molecule has 1 aromatic rings. The minimum Gasteiger partial charge on any atom is -0.379 e. The van der Waals surface area contributed by atoms with Crippen LogP contribution >= 0.6 is 11.3 Å². The molecule has 130 valence electrons. The highest BCUT2D eigenvalue weighted by Gasteiger charge is 2.29. The number of carbonyl (C=O) groups excluding carboxylic acids is 1. The first kappa shape index (κ1) is 18.4. The van der Waals surface area contributed by atoms with Gasteiger partial charge in [0, 0.05) is 31.6 Å². The molecule has 1 amide bonds. The van der Waals surface area contributed by atoms with Gasteiger partial charge in [-0.3, -0.25) is 9.69 Å². The molecule has 6 heteroatoms. The molecule has 1 aliphatic heterocycles. The first-order chi connectivity index (χ1) is 11.0. The van der Waals surface area contributed by atoms with Gasteiger partial charge in [0.15, 0.2) is 0 Å². The quantitative estimate of drug-likeness (QED) is 0.825. The van der Waals surface area contributed by atoms with E-state index in [-0.39, 0.29) is 17.9 Å². The van der Waals surface area contributed by atoms with Gasteiger partial charge < -0.3 is 15.4 Å². The van der Waals surface area contributed by atoms with Crippen molar-refractivity contribution < 1.29 is 9.53 Å². The molecular weight excluding hydrogens is 310 g/mol. The van der Waals surface area contributed by atoms with Crippen molar-refractivity contribution in [3.05, 3.63) is 22.4 Å². The van der Waals surface area contributed by atoms with E-state index in [2.05, 4.69) is 29.3 Å². The SMILES string of the molecule is CCC(C)C(N)C(=O)N(C)CC(c1cccs1)N1CCOCC1. The van der Waals surface area contributed by atoms with Crippen LogP contribution < -0.4 is 5.73 Å². The molecule has 0 saturated carbocycles. The fourth-order valence-corrected chi connectivity index (χ4v) is 3.71. The number of amides is 1. The average molecular weight is 340 g/mol. The first-order valence-electron chi connectivity index (χ1n) is 8.40. The molecular formula is C17H29N3O2S. The Bertz CT molecular complexity index is 474. The molecule has 0 aromatic carbocycles. The first-order valence-corrected chi connectivity index (χ1v) is 9.28. The van der Waals surface area contributed by atoms with Crippen LogP contribution in [0.5, 0.6) is 0 Å². The monoisotopic (exact) mass is 339 g/mol. The van der Waals surface area contributed by atoms with Crippen LogP contribution in [-0.4, -0.2) is 61.6 Å². The van der Waals surface area contributed by atoms with Gasteiger partial charge in [-0.15, -0.1) is 11.3 Å². The number of hydrogen-bond acceptors (Lipinski definition) is 5. The molecule has 1 saturated heterocycles. The Labute approximate surface area is 143 Å². The summed E-state index contributed by atoms with van der Waals surface area (Å²) in [6, 6.07) is 4.02. The van der Waals surface area contributed by atoms with Gasteiger partial charge in [-0.25, -0.2) is 0 Å². The normalized spacial score (nSPS) is 20.0. The molecule has 2 N–H and O–H groups in total. The minimum atomic E-state index is -0.418. The minimum absolute atomic E-state index is 0.0363. The molecule has 3 atom stereocenters. The van der Waals surface area contributed by atoms with E-state index < -0.39 is 6.04 Å². The molecule has 23 heavy (non-hydrogen) atoms. The van der Waals surface area contributed by atoms with Gasteiger partial charge >= 0.3 is 0 Å². The Hall–Kier alpha value is -0.950. The number of morpholine rings is 1. The van der Waals surface area contributed by atoms with Gasteiger partial charge in [0.2, 0.25) is 5.91 Å².